The van der Waals surface area contributed by atoms with E-state index in [-0.39, 0.29) is 18.2 Å². The van der Waals surface area contributed by atoms with Gasteiger partial charge in [0, 0.05) is 18.7 Å². The van der Waals surface area contributed by atoms with Crippen molar-refractivity contribution in [3.63, 3.8) is 0 Å². The smallest absolute Gasteiger partial charge is 0.242 e. The summed E-state index contributed by atoms with van der Waals surface area (Å²) in [5.74, 6) is -1.15. The van der Waals surface area contributed by atoms with Crippen molar-refractivity contribution in [3.8, 4) is 0 Å². The molecule has 1 aliphatic heterocycles. The van der Waals surface area contributed by atoms with Gasteiger partial charge in [-0.2, -0.15) is 0 Å². The molecule has 1 fully saturated rings. The summed E-state index contributed by atoms with van der Waals surface area (Å²) in [7, 11) is 0. The van der Waals surface area contributed by atoms with Crippen LogP contribution in [0.5, 0.6) is 0 Å². The summed E-state index contributed by atoms with van der Waals surface area (Å²) >= 11 is 0. The van der Waals surface area contributed by atoms with Crippen LogP contribution in [-0.2, 0) is 14.4 Å². The second-order valence-electron chi connectivity index (χ2n) is 7.13. The monoisotopic (exact) mass is 331 g/mol. The standard InChI is InChI=1S/C18H25N3O3/c1-11(2)12-6-5-7-14(8-12)21-10-13(9-15(21)22)16(23)20-18(3,4)17(19)24/h5-8,11,13H,9-10H2,1-4H3,(H2,19,24)(H,20,23). The summed E-state index contributed by atoms with van der Waals surface area (Å²) in [5.41, 5.74) is 6.09. The molecule has 1 heterocycles. The van der Waals surface area contributed by atoms with Gasteiger partial charge in [-0.05, 0) is 37.5 Å². The van der Waals surface area contributed by atoms with E-state index in [1.165, 1.54) is 0 Å². The molecule has 1 aliphatic rings. The maximum absolute atomic E-state index is 12.4. The molecule has 1 aromatic rings. The van der Waals surface area contributed by atoms with E-state index < -0.39 is 17.4 Å². The van der Waals surface area contributed by atoms with Crippen LogP contribution in [0.2, 0.25) is 0 Å². The second-order valence-corrected chi connectivity index (χ2v) is 7.13. The number of nitrogens with zero attached hydrogens (tertiary/aromatic N) is 1. The van der Waals surface area contributed by atoms with E-state index in [4.69, 9.17) is 5.73 Å². The van der Waals surface area contributed by atoms with E-state index >= 15 is 0 Å². The molecule has 0 radical (unpaired) electrons. The van der Waals surface area contributed by atoms with Crippen molar-refractivity contribution >= 4 is 23.4 Å². The van der Waals surface area contributed by atoms with Crippen molar-refractivity contribution in [1.82, 2.24) is 5.32 Å². The Hall–Kier alpha value is -2.37. The largest absolute Gasteiger partial charge is 0.368 e. The molecule has 3 amide bonds. The lowest BCUT2D eigenvalue weighted by atomic mass is 10.0. The number of benzene rings is 1. The first-order valence-electron chi connectivity index (χ1n) is 8.14. The molecule has 0 saturated carbocycles. The molecule has 0 aliphatic carbocycles. The molecular formula is C18H25N3O3. The summed E-state index contributed by atoms with van der Waals surface area (Å²) in [4.78, 5) is 37.7. The van der Waals surface area contributed by atoms with Gasteiger partial charge in [0.15, 0.2) is 0 Å². The fourth-order valence-corrected chi connectivity index (χ4v) is 2.66. The average molecular weight is 331 g/mol. The number of hydrogen-bond acceptors (Lipinski definition) is 3. The number of carbonyl (C=O) groups excluding carboxylic acids is 3. The molecule has 0 bridgehead atoms. The highest BCUT2D eigenvalue weighted by atomic mass is 16.2. The van der Waals surface area contributed by atoms with Crippen LogP contribution in [0.1, 0.15) is 45.6 Å². The fraction of sp³-hybridized carbons (Fsp3) is 0.500. The number of hydrogen-bond donors (Lipinski definition) is 2. The number of primary amides is 1. The van der Waals surface area contributed by atoms with Gasteiger partial charge >= 0.3 is 0 Å². The minimum absolute atomic E-state index is 0.0899. The molecule has 2 rings (SSSR count). The van der Waals surface area contributed by atoms with Crippen LogP contribution in [0, 0.1) is 5.92 Å². The summed E-state index contributed by atoms with van der Waals surface area (Å²) in [6, 6.07) is 7.80. The highest BCUT2D eigenvalue weighted by molar-refractivity contribution is 6.01. The molecule has 24 heavy (non-hydrogen) atoms. The van der Waals surface area contributed by atoms with Crippen molar-refractivity contribution in [2.75, 3.05) is 11.4 Å². The van der Waals surface area contributed by atoms with Crippen LogP contribution in [0.15, 0.2) is 24.3 Å². The van der Waals surface area contributed by atoms with Gasteiger partial charge in [-0.25, -0.2) is 0 Å². The minimum Gasteiger partial charge on any atom is -0.368 e. The number of nitrogens with two attached hydrogens (primary N) is 1. The van der Waals surface area contributed by atoms with E-state index in [2.05, 4.69) is 19.2 Å². The van der Waals surface area contributed by atoms with Gasteiger partial charge in [-0.1, -0.05) is 26.0 Å². The number of amides is 3. The van der Waals surface area contributed by atoms with Crippen LogP contribution < -0.4 is 16.0 Å². The lowest BCUT2D eigenvalue weighted by molar-refractivity contribution is -0.132. The molecule has 3 N–H and O–H groups in total. The van der Waals surface area contributed by atoms with E-state index in [0.29, 0.717) is 12.5 Å². The normalized spacial score (nSPS) is 18.1. The molecule has 0 aromatic heterocycles. The number of rotatable bonds is 5. The zero-order chi connectivity index (χ0) is 18.1. The van der Waals surface area contributed by atoms with Crippen molar-refractivity contribution in [2.24, 2.45) is 11.7 Å². The highest BCUT2D eigenvalue weighted by Crippen LogP contribution is 2.28. The number of carbonyl (C=O) groups is 3. The quantitative estimate of drug-likeness (QED) is 0.857. The van der Waals surface area contributed by atoms with Crippen molar-refractivity contribution in [1.29, 1.82) is 0 Å². The van der Waals surface area contributed by atoms with Gasteiger partial charge in [0.1, 0.15) is 5.54 Å². The molecule has 0 spiro atoms. The molecule has 6 nitrogen and oxygen atoms in total. The van der Waals surface area contributed by atoms with Crippen molar-refractivity contribution in [2.45, 2.75) is 45.6 Å². The highest BCUT2D eigenvalue weighted by Gasteiger charge is 2.38. The second kappa shape index (κ2) is 6.63. The first-order valence-corrected chi connectivity index (χ1v) is 8.14. The maximum Gasteiger partial charge on any atom is 0.242 e. The molecule has 1 aromatic carbocycles. The molecule has 1 unspecified atom stereocenters. The van der Waals surface area contributed by atoms with Crippen LogP contribution >= 0.6 is 0 Å². The topological polar surface area (TPSA) is 92.5 Å². The van der Waals surface area contributed by atoms with Gasteiger partial charge in [0.2, 0.25) is 17.7 Å². The maximum atomic E-state index is 12.4. The third-order valence-electron chi connectivity index (χ3n) is 4.40. The van der Waals surface area contributed by atoms with Crippen molar-refractivity contribution < 1.29 is 14.4 Å². The Morgan fingerprint density at radius 1 is 1.33 bits per heavy atom. The summed E-state index contributed by atoms with van der Waals surface area (Å²) in [6.07, 6.45) is 0.132. The molecule has 130 valence electrons. The molecule has 6 heteroatoms. The zero-order valence-electron chi connectivity index (χ0n) is 14.6. The summed E-state index contributed by atoms with van der Waals surface area (Å²) in [5, 5.41) is 2.63. The Morgan fingerprint density at radius 2 is 2.00 bits per heavy atom. The van der Waals surface area contributed by atoms with Crippen LogP contribution in [0.4, 0.5) is 5.69 Å². The van der Waals surface area contributed by atoms with Gasteiger partial charge in [-0.3, -0.25) is 14.4 Å². The Morgan fingerprint density at radius 3 is 2.58 bits per heavy atom. The van der Waals surface area contributed by atoms with Crippen molar-refractivity contribution in [3.05, 3.63) is 29.8 Å². The first kappa shape index (κ1) is 18.0. The predicted molar refractivity (Wildman–Crippen MR) is 92.4 cm³/mol. The minimum atomic E-state index is -1.13. The Kier molecular flexibility index (Phi) is 4.96. The van der Waals surface area contributed by atoms with Gasteiger partial charge in [0.05, 0.1) is 5.92 Å². The third kappa shape index (κ3) is 3.75. The number of anilines is 1. The summed E-state index contributed by atoms with van der Waals surface area (Å²) < 4.78 is 0. The van der Waals surface area contributed by atoms with E-state index in [1.54, 1.807) is 18.7 Å². The van der Waals surface area contributed by atoms with Gasteiger partial charge in [-0.15, -0.1) is 0 Å². The molecular weight excluding hydrogens is 306 g/mol. The first-order chi connectivity index (χ1) is 11.1. The Balaban J connectivity index is 2.12. The molecule has 1 atom stereocenters. The SMILES string of the molecule is CC(C)c1cccc(N2CC(C(=O)NC(C)(C)C(N)=O)CC2=O)c1. The van der Waals surface area contributed by atoms with Gasteiger partial charge in [0.25, 0.3) is 0 Å². The zero-order valence-corrected chi connectivity index (χ0v) is 14.6. The lowest BCUT2D eigenvalue weighted by Crippen LogP contribution is -2.54. The predicted octanol–water partition coefficient (Wildman–Crippen LogP) is 1.54. The average Bonchev–Trinajstić information content (AvgIpc) is 2.89. The molecule has 1 saturated heterocycles. The Labute approximate surface area is 142 Å². The lowest BCUT2D eigenvalue weighted by Gasteiger charge is -2.24. The third-order valence-corrected chi connectivity index (χ3v) is 4.40. The van der Waals surface area contributed by atoms with Crippen LogP contribution in [0.3, 0.4) is 0 Å². The van der Waals surface area contributed by atoms with E-state index in [9.17, 15) is 14.4 Å². The van der Waals surface area contributed by atoms with E-state index in [1.807, 2.05) is 24.3 Å². The summed E-state index contributed by atoms with van der Waals surface area (Å²) in [6.45, 7) is 7.59. The number of nitrogens with one attached hydrogen (secondary N) is 1. The Bertz CT molecular complexity index is 667. The fourth-order valence-electron chi connectivity index (χ4n) is 2.66. The van der Waals surface area contributed by atoms with E-state index in [0.717, 1.165) is 11.3 Å². The van der Waals surface area contributed by atoms with Crippen LogP contribution in [0.25, 0.3) is 0 Å². The van der Waals surface area contributed by atoms with Gasteiger partial charge < -0.3 is 16.0 Å². The van der Waals surface area contributed by atoms with Crippen LogP contribution in [-0.4, -0.2) is 29.8 Å².